The Kier molecular flexibility index (Phi) is 3.52. The molecule has 3 heterocycles. The van der Waals surface area contributed by atoms with Crippen molar-refractivity contribution in [1.82, 2.24) is 15.0 Å². The summed E-state index contributed by atoms with van der Waals surface area (Å²) in [6.45, 7) is 4.03. The van der Waals surface area contributed by atoms with E-state index in [1.165, 1.54) is 5.56 Å². The van der Waals surface area contributed by atoms with Crippen molar-refractivity contribution in [2.75, 3.05) is 24.5 Å². The largest absolute Gasteiger partial charge is 0.339 e. The van der Waals surface area contributed by atoms with Crippen LogP contribution in [0.25, 0.3) is 0 Å². The smallest absolute Gasteiger partial charge is 0.324 e. The molecule has 1 unspecified atom stereocenters. The fourth-order valence-corrected chi connectivity index (χ4v) is 3.54. The molecule has 0 radical (unpaired) electrons. The summed E-state index contributed by atoms with van der Waals surface area (Å²) in [6, 6.07) is 8.24. The van der Waals surface area contributed by atoms with Gasteiger partial charge in [-0.15, -0.1) is 0 Å². The molecule has 4 rings (SSSR count). The number of benzene rings is 1. The van der Waals surface area contributed by atoms with E-state index in [0.29, 0.717) is 18.3 Å². The number of piperidine rings is 1. The zero-order valence-electron chi connectivity index (χ0n) is 13.2. The van der Waals surface area contributed by atoms with Crippen LogP contribution in [0.2, 0.25) is 0 Å². The predicted molar refractivity (Wildman–Crippen MR) is 85.5 cm³/mol. The first-order valence-electron chi connectivity index (χ1n) is 8.17. The van der Waals surface area contributed by atoms with Crippen molar-refractivity contribution in [2.45, 2.75) is 32.1 Å². The molecular weight excluding hydrogens is 292 g/mol. The molecule has 2 aliphatic heterocycles. The van der Waals surface area contributed by atoms with E-state index in [1.54, 1.807) is 0 Å². The first kappa shape index (κ1) is 14.2. The maximum absolute atomic E-state index is 12.9. The molecule has 1 aromatic carbocycles. The molecule has 2 aromatic rings. The fourth-order valence-electron chi connectivity index (χ4n) is 3.54. The lowest BCUT2D eigenvalue weighted by Crippen LogP contribution is -2.46. The SMILES string of the molecule is Cc1noc(C2CCCN(C(=O)N3CCc4ccccc43)C2)n1. The second-order valence-corrected chi connectivity index (χ2v) is 6.28. The highest BCUT2D eigenvalue weighted by Gasteiger charge is 2.33. The van der Waals surface area contributed by atoms with Crippen LogP contribution in [0.4, 0.5) is 10.5 Å². The predicted octanol–water partition coefficient (Wildman–Crippen LogP) is 2.74. The van der Waals surface area contributed by atoms with Crippen LogP contribution in [0, 0.1) is 6.92 Å². The highest BCUT2D eigenvalue weighted by atomic mass is 16.5. The van der Waals surface area contributed by atoms with Gasteiger partial charge in [0, 0.05) is 25.3 Å². The van der Waals surface area contributed by atoms with E-state index in [0.717, 1.165) is 38.0 Å². The summed E-state index contributed by atoms with van der Waals surface area (Å²) in [5.74, 6) is 1.45. The summed E-state index contributed by atoms with van der Waals surface area (Å²) >= 11 is 0. The van der Waals surface area contributed by atoms with E-state index in [1.807, 2.05) is 34.9 Å². The quantitative estimate of drug-likeness (QED) is 0.812. The molecule has 1 fully saturated rings. The first-order chi connectivity index (χ1) is 11.2. The van der Waals surface area contributed by atoms with Gasteiger partial charge in [0.25, 0.3) is 0 Å². The third-order valence-corrected chi connectivity index (χ3v) is 4.70. The minimum absolute atomic E-state index is 0.0934. The highest BCUT2D eigenvalue weighted by Crippen LogP contribution is 2.31. The lowest BCUT2D eigenvalue weighted by atomic mass is 9.98. The van der Waals surface area contributed by atoms with Gasteiger partial charge in [-0.25, -0.2) is 4.79 Å². The Morgan fingerprint density at radius 1 is 1.30 bits per heavy atom. The van der Waals surface area contributed by atoms with Gasteiger partial charge in [-0.3, -0.25) is 4.90 Å². The molecule has 0 N–H and O–H groups in total. The molecule has 0 aliphatic carbocycles. The van der Waals surface area contributed by atoms with Gasteiger partial charge >= 0.3 is 6.03 Å². The van der Waals surface area contributed by atoms with E-state index < -0.39 is 0 Å². The Morgan fingerprint density at radius 3 is 3.00 bits per heavy atom. The van der Waals surface area contributed by atoms with E-state index >= 15 is 0 Å². The van der Waals surface area contributed by atoms with Crippen LogP contribution < -0.4 is 4.90 Å². The topological polar surface area (TPSA) is 62.5 Å². The van der Waals surface area contributed by atoms with E-state index in [4.69, 9.17) is 4.52 Å². The van der Waals surface area contributed by atoms with Crippen LogP contribution in [0.1, 0.15) is 36.0 Å². The molecule has 2 aliphatic rings. The van der Waals surface area contributed by atoms with Gasteiger partial charge in [0.05, 0.1) is 5.92 Å². The lowest BCUT2D eigenvalue weighted by Gasteiger charge is -2.34. The van der Waals surface area contributed by atoms with E-state index in [9.17, 15) is 4.79 Å². The summed E-state index contributed by atoms with van der Waals surface area (Å²) in [5.41, 5.74) is 2.30. The standard InChI is InChI=1S/C17H20N4O2/c1-12-18-16(23-19-12)14-6-4-9-20(11-14)17(22)21-10-8-13-5-2-3-7-15(13)21/h2-3,5,7,14H,4,6,8-11H2,1H3. The number of para-hydroxylation sites is 1. The zero-order chi connectivity index (χ0) is 15.8. The number of carbonyl (C=O) groups excluding carboxylic acids is 1. The van der Waals surface area contributed by atoms with Crippen LogP contribution in [0.3, 0.4) is 0 Å². The number of amides is 2. The molecule has 1 saturated heterocycles. The molecule has 23 heavy (non-hydrogen) atoms. The van der Waals surface area contributed by atoms with Gasteiger partial charge < -0.3 is 9.42 Å². The zero-order valence-corrected chi connectivity index (χ0v) is 13.2. The average Bonchev–Trinajstić information content (AvgIpc) is 3.20. The maximum Gasteiger partial charge on any atom is 0.324 e. The van der Waals surface area contributed by atoms with Crippen molar-refractivity contribution >= 4 is 11.7 Å². The lowest BCUT2D eigenvalue weighted by molar-refractivity contribution is 0.178. The van der Waals surface area contributed by atoms with Crippen molar-refractivity contribution < 1.29 is 9.32 Å². The second kappa shape index (κ2) is 5.68. The molecule has 0 spiro atoms. The number of hydrogen-bond acceptors (Lipinski definition) is 4. The molecule has 1 atom stereocenters. The Labute approximate surface area is 135 Å². The minimum atomic E-state index is 0.0934. The summed E-state index contributed by atoms with van der Waals surface area (Å²) in [7, 11) is 0. The van der Waals surface area contributed by atoms with Crippen LogP contribution in [-0.4, -0.2) is 40.7 Å². The van der Waals surface area contributed by atoms with Gasteiger partial charge in [0.1, 0.15) is 0 Å². The number of likely N-dealkylation sites (tertiary alicyclic amines) is 1. The number of urea groups is 1. The fraction of sp³-hybridized carbons (Fsp3) is 0.471. The van der Waals surface area contributed by atoms with Gasteiger partial charge in [-0.2, -0.15) is 4.98 Å². The number of nitrogens with zero attached hydrogens (tertiary/aromatic N) is 4. The summed E-state index contributed by atoms with van der Waals surface area (Å²) in [5, 5.41) is 3.87. The molecule has 6 nitrogen and oxygen atoms in total. The number of fused-ring (bicyclic) bond motifs is 1. The van der Waals surface area contributed by atoms with Gasteiger partial charge in [-0.05, 0) is 37.8 Å². The van der Waals surface area contributed by atoms with Crippen molar-refractivity contribution in [1.29, 1.82) is 0 Å². The molecule has 6 heteroatoms. The molecule has 0 saturated carbocycles. The van der Waals surface area contributed by atoms with Crippen LogP contribution in [0.5, 0.6) is 0 Å². The number of rotatable bonds is 1. The van der Waals surface area contributed by atoms with E-state index in [-0.39, 0.29) is 11.9 Å². The Morgan fingerprint density at radius 2 is 2.17 bits per heavy atom. The Bertz CT molecular complexity index is 727. The van der Waals surface area contributed by atoms with E-state index in [2.05, 4.69) is 16.2 Å². The number of hydrogen-bond donors (Lipinski definition) is 0. The highest BCUT2D eigenvalue weighted by molar-refractivity contribution is 5.94. The third-order valence-electron chi connectivity index (χ3n) is 4.70. The number of anilines is 1. The summed E-state index contributed by atoms with van der Waals surface area (Å²) in [4.78, 5) is 21.1. The normalized spacial score (nSPS) is 20.7. The molecule has 2 amide bonds. The van der Waals surface area contributed by atoms with Crippen molar-refractivity contribution in [2.24, 2.45) is 0 Å². The van der Waals surface area contributed by atoms with Gasteiger partial charge in [0.15, 0.2) is 5.82 Å². The van der Waals surface area contributed by atoms with Crippen LogP contribution in [-0.2, 0) is 6.42 Å². The van der Waals surface area contributed by atoms with Crippen LogP contribution in [0.15, 0.2) is 28.8 Å². The molecule has 1 aromatic heterocycles. The number of carbonyl (C=O) groups is 1. The first-order valence-corrected chi connectivity index (χ1v) is 8.17. The van der Waals surface area contributed by atoms with Crippen molar-refractivity contribution in [3.8, 4) is 0 Å². The number of aryl methyl sites for hydroxylation is 1. The van der Waals surface area contributed by atoms with Crippen molar-refractivity contribution in [3.63, 3.8) is 0 Å². The van der Waals surface area contributed by atoms with Gasteiger partial charge in [-0.1, -0.05) is 23.4 Å². The summed E-state index contributed by atoms with van der Waals surface area (Å²) in [6.07, 6.45) is 2.89. The van der Waals surface area contributed by atoms with Gasteiger partial charge in [0.2, 0.25) is 5.89 Å². The Balaban J connectivity index is 1.51. The molecule has 120 valence electrons. The average molecular weight is 312 g/mol. The van der Waals surface area contributed by atoms with Crippen molar-refractivity contribution in [3.05, 3.63) is 41.5 Å². The van der Waals surface area contributed by atoms with Crippen LogP contribution >= 0.6 is 0 Å². The number of aromatic nitrogens is 2. The monoisotopic (exact) mass is 312 g/mol. The maximum atomic E-state index is 12.9. The molecule has 0 bridgehead atoms. The third kappa shape index (κ3) is 2.58. The molecular formula is C17H20N4O2. The summed E-state index contributed by atoms with van der Waals surface area (Å²) < 4.78 is 5.30. The second-order valence-electron chi connectivity index (χ2n) is 6.28. The minimum Gasteiger partial charge on any atom is -0.339 e. The Hall–Kier alpha value is -2.37.